The largest absolute Gasteiger partial charge is 0.268 e. The third kappa shape index (κ3) is 2.93. The third-order valence-corrected chi connectivity index (χ3v) is 5.37. The molecule has 0 fully saturated rings. The van der Waals surface area contributed by atoms with Crippen molar-refractivity contribution in [1.82, 2.24) is 9.97 Å². The lowest BCUT2D eigenvalue weighted by molar-refractivity contribution is 0.0926. The van der Waals surface area contributed by atoms with Crippen LogP contribution in [-0.2, 0) is 10.0 Å². The van der Waals surface area contributed by atoms with Crippen LogP contribution in [0.3, 0.4) is 0 Å². The Kier molecular flexibility index (Phi) is 3.93. The van der Waals surface area contributed by atoms with Crippen LogP contribution >= 0.6 is 0 Å². The fourth-order valence-corrected chi connectivity index (χ4v) is 3.74. The summed E-state index contributed by atoms with van der Waals surface area (Å²) in [6.45, 7) is 0. The molecule has 0 bridgehead atoms. The Bertz CT molecular complexity index is 1110. The van der Waals surface area contributed by atoms with Gasteiger partial charge < -0.3 is 0 Å². The molecular formula is C18H12N4O4S. The van der Waals surface area contributed by atoms with E-state index in [2.05, 4.69) is 14.7 Å². The Morgan fingerprint density at radius 3 is 2.04 bits per heavy atom. The van der Waals surface area contributed by atoms with Crippen LogP contribution in [0.4, 0.5) is 11.5 Å². The fraction of sp³-hybridized carbons (Fsp3) is 0. The number of carbonyl (C=O) groups excluding carboxylic acids is 2. The molecule has 9 heteroatoms. The van der Waals surface area contributed by atoms with Crippen LogP contribution in [0.1, 0.15) is 20.7 Å². The van der Waals surface area contributed by atoms with E-state index in [-0.39, 0.29) is 10.7 Å². The molecule has 4 rings (SSSR count). The molecule has 1 aliphatic rings. The highest BCUT2D eigenvalue weighted by Crippen LogP contribution is 2.29. The van der Waals surface area contributed by atoms with Crippen LogP contribution < -0.4 is 9.62 Å². The van der Waals surface area contributed by atoms with Crippen molar-refractivity contribution in [3.05, 3.63) is 78.2 Å². The lowest BCUT2D eigenvalue weighted by Crippen LogP contribution is -2.29. The minimum absolute atomic E-state index is 0.0338. The quantitative estimate of drug-likeness (QED) is 0.694. The highest BCUT2D eigenvalue weighted by atomic mass is 32.2. The average Bonchev–Trinajstić information content (AvgIpc) is 2.93. The fourth-order valence-electron chi connectivity index (χ4n) is 2.75. The summed E-state index contributed by atoms with van der Waals surface area (Å²) in [5.74, 6) is -0.797. The van der Waals surface area contributed by atoms with Crippen LogP contribution in [0.15, 0.2) is 72.0 Å². The highest BCUT2D eigenvalue weighted by molar-refractivity contribution is 7.92. The van der Waals surface area contributed by atoms with Gasteiger partial charge in [0.15, 0.2) is 5.82 Å². The van der Waals surface area contributed by atoms with E-state index in [0.717, 1.165) is 4.90 Å². The normalized spacial score (nSPS) is 13.6. The maximum Gasteiger partial charge on any atom is 0.266 e. The highest BCUT2D eigenvalue weighted by Gasteiger charge is 2.36. The van der Waals surface area contributed by atoms with Gasteiger partial charge in [0.05, 0.1) is 27.9 Å². The number of nitrogens with one attached hydrogen (secondary N) is 1. The summed E-state index contributed by atoms with van der Waals surface area (Å²) in [6, 6.07) is 12.0. The van der Waals surface area contributed by atoms with E-state index in [1.165, 1.54) is 42.9 Å². The number of imide groups is 1. The molecule has 0 unspecified atom stereocenters. The van der Waals surface area contributed by atoms with Gasteiger partial charge in [-0.1, -0.05) is 12.1 Å². The molecule has 1 aliphatic heterocycles. The summed E-state index contributed by atoms with van der Waals surface area (Å²) in [6.07, 6.45) is 4.07. The SMILES string of the molecule is O=C1c2ccccc2C(=O)N1c1ccc(S(=O)(=O)Nc2cnccn2)cc1. The van der Waals surface area contributed by atoms with Gasteiger partial charge >= 0.3 is 0 Å². The lowest BCUT2D eigenvalue weighted by Gasteiger charge is -2.14. The molecule has 0 aliphatic carbocycles. The van der Waals surface area contributed by atoms with E-state index in [1.54, 1.807) is 24.3 Å². The van der Waals surface area contributed by atoms with Gasteiger partial charge in [-0.25, -0.2) is 18.3 Å². The topological polar surface area (TPSA) is 109 Å². The van der Waals surface area contributed by atoms with Crippen molar-refractivity contribution in [3.63, 3.8) is 0 Å². The summed E-state index contributed by atoms with van der Waals surface area (Å²) in [5, 5.41) is 0. The molecular weight excluding hydrogens is 368 g/mol. The molecule has 0 atom stereocenters. The zero-order chi connectivity index (χ0) is 19.0. The molecule has 2 aromatic carbocycles. The van der Waals surface area contributed by atoms with Crippen molar-refractivity contribution in [2.75, 3.05) is 9.62 Å². The third-order valence-electron chi connectivity index (χ3n) is 4.00. The van der Waals surface area contributed by atoms with Gasteiger partial charge in [0.1, 0.15) is 0 Å². The molecule has 2 heterocycles. The standard InChI is InChI=1S/C18H12N4O4S/c23-17-14-3-1-2-4-15(14)18(24)22(17)12-5-7-13(8-6-12)27(25,26)21-16-11-19-9-10-20-16/h1-11H,(H,20,21). The number of hydrogen-bond acceptors (Lipinski definition) is 6. The lowest BCUT2D eigenvalue weighted by atomic mass is 10.1. The first kappa shape index (κ1) is 16.9. The molecule has 3 aromatic rings. The molecule has 0 spiro atoms. The van der Waals surface area contributed by atoms with Crippen molar-refractivity contribution in [1.29, 1.82) is 0 Å². The smallest absolute Gasteiger partial charge is 0.266 e. The predicted molar refractivity (Wildman–Crippen MR) is 96.9 cm³/mol. The van der Waals surface area contributed by atoms with Gasteiger partial charge in [-0.15, -0.1) is 0 Å². The number of nitrogens with zero attached hydrogens (tertiary/aromatic N) is 3. The van der Waals surface area contributed by atoms with Crippen molar-refractivity contribution in [2.24, 2.45) is 0 Å². The summed E-state index contributed by atoms with van der Waals surface area (Å²) in [5.41, 5.74) is 0.937. The molecule has 0 saturated heterocycles. The Hall–Kier alpha value is -3.59. The van der Waals surface area contributed by atoms with Gasteiger partial charge in [-0.2, -0.15) is 0 Å². The molecule has 27 heavy (non-hydrogen) atoms. The minimum atomic E-state index is -3.88. The number of sulfonamides is 1. The number of benzene rings is 2. The van der Waals surface area contributed by atoms with Crippen molar-refractivity contribution in [2.45, 2.75) is 4.90 Å². The van der Waals surface area contributed by atoms with Crippen LogP contribution in [0.2, 0.25) is 0 Å². The zero-order valence-corrected chi connectivity index (χ0v) is 14.6. The molecule has 2 amide bonds. The number of fused-ring (bicyclic) bond motifs is 1. The van der Waals surface area contributed by atoms with Gasteiger partial charge in [0, 0.05) is 12.4 Å². The van der Waals surface area contributed by atoms with Crippen LogP contribution in [0.5, 0.6) is 0 Å². The molecule has 1 N–H and O–H groups in total. The summed E-state index contributed by atoms with van der Waals surface area (Å²) < 4.78 is 27.1. The van der Waals surface area contributed by atoms with Crippen molar-refractivity contribution >= 4 is 33.3 Å². The number of aromatic nitrogens is 2. The van der Waals surface area contributed by atoms with E-state index in [1.807, 2.05) is 0 Å². The second-order valence-corrected chi connectivity index (χ2v) is 7.36. The van der Waals surface area contributed by atoms with E-state index in [9.17, 15) is 18.0 Å². The Morgan fingerprint density at radius 1 is 0.852 bits per heavy atom. The van der Waals surface area contributed by atoms with E-state index < -0.39 is 21.8 Å². The molecule has 1 aromatic heterocycles. The Morgan fingerprint density at radius 2 is 1.48 bits per heavy atom. The van der Waals surface area contributed by atoms with E-state index >= 15 is 0 Å². The van der Waals surface area contributed by atoms with Crippen LogP contribution in [0.25, 0.3) is 0 Å². The Labute approximate surface area is 154 Å². The number of hydrogen-bond donors (Lipinski definition) is 1. The maximum atomic E-state index is 12.5. The van der Waals surface area contributed by atoms with Crippen molar-refractivity contribution in [3.8, 4) is 0 Å². The first-order valence-electron chi connectivity index (χ1n) is 7.84. The average molecular weight is 380 g/mol. The molecule has 134 valence electrons. The van der Waals surface area contributed by atoms with Gasteiger partial charge in [-0.3, -0.25) is 19.3 Å². The van der Waals surface area contributed by atoms with Crippen LogP contribution in [-0.4, -0.2) is 30.2 Å². The first-order valence-corrected chi connectivity index (χ1v) is 9.32. The van der Waals surface area contributed by atoms with Gasteiger partial charge in [0.25, 0.3) is 21.8 Å². The van der Waals surface area contributed by atoms with Gasteiger partial charge in [-0.05, 0) is 36.4 Å². The number of carbonyl (C=O) groups is 2. The maximum absolute atomic E-state index is 12.5. The van der Waals surface area contributed by atoms with Crippen LogP contribution in [0, 0.1) is 0 Å². The van der Waals surface area contributed by atoms with E-state index in [4.69, 9.17) is 0 Å². The van der Waals surface area contributed by atoms with Crippen molar-refractivity contribution < 1.29 is 18.0 Å². The summed E-state index contributed by atoms with van der Waals surface area (Å²) in [4.78, 5) is 33.6. The molecule has 8 nitrogen and oxygen atoms in total. The second-order valence-electron chi connectivity index (χ2n) is 5.68. The number of anilines is 2. The van der Waals surface area contributed by atoms with E-state index in [0.29, 0.717) is 16.8 Å². The second kappa shape index (κ2) is 6.29. The molecule has 0 saturated carbocycles. The monoisotopic (exact) mass is 380 g/mol. The van der Waals surface area contributed by atoms with Gasteiger partial charge in [0.2, 0.25) is 0 Å². The number of amides is 2. The summed E-state index contributed by atoms with van der Waals surface area (Å²) >= 11 is 0. The summed E-state index contributed by atoms with van der Waals surface area (Å²) in [7, 11) is -3.88. The molecule has 0 radical (unpaired) electrons. The predicted octanol–water partition coefficient (Wildman–Crippen LogP) is 2.08. The first-order chi connectivity index (χ1) is 13.0. The zero-order valence-electron chi connectivity index (χ0n) is 13.7. The number of rotatable bonds is 4. The minimum Gasteiger partial charge on any atom is -0.268 e. The Balaban J connectivity index is 1.62.